The second-order valence-electron chi connectivity index (χ2n) is 11.2. The molecule has 3 atom stereocenters. The minimum Gasteiger partial charge on any atom is -0.345 e. The van der Waals surface area contributed by atoms with Gasteiger partial charge in [-0.05, 0) is 45.8 Å². The highest BCUT2D eigenvalue weighted by atomic mass is 127. The van der Waals surface area contributed by atoms with Crippen LogP contribution >= 0.6 is 28.6 Å². The van der Waals surface area contributed by atoms with Crippen molar-refractivity contribution in [3.63, 3.8) is 0 Å². The minimum atomic E-state index is -1.09. The van der Waals surface area contributed by atoms with Gasteiger partial charge in [0, 0.05) is 17.0 Å². The van der Waals surface area contributed by atoms with Gasteiger partial charge in [0.05, 0.1) is 31.4 Å². The second-order valence-corrected chi connectivity index (χ2v) is 14.9. The van der Waals surface area contributed by atoms with Crippen molar-refractivity contribution in [1.29, 1.82) is 0 Å². The molecule has 0 fully saturated rings. The van der Waals surface area contributed by atoms with Gasteiger partial charge < -0.3 is 21.3 Å². The number of carbonyl (C=O) groups is 5. The fourth-order valence-corrected chi connectivity index (χ4v) is 7.49. The lowest BCUT2D eigenvalue weighted by Crippen LogP contribution is -2.59. The number of allylic oxidation sites excluding steroid dienone is 1. The zero-order chi connectivity index (χ0) is 31.6. The lowest BCUT2D eigenvalue weighted by atomic mass is 9.85. The van der Waals surface area contributed by atoms with Gasteiger partial charge in [-0.15, -0.1) is 0 Å². The number of rotatable bonds is 12. The normalized spacial score (nSPS) is 16.7. The van der Waals surface area contributed by atoms with Gasteiger partial charge in [-0.1, -0.05) is 77.6 Å². The molecule has 1 heterocycles. The van der Waals surface area contributed by atoms with Crippen LogP contribution in [0.25, 0.3) is 0 Å². The molecule has 0 bridgehead atoms. The molecular formula is C30H40IN5O5S. The second kappa shape index (κ2) is 15.9. The van der Waals surface area contributed by atoms with Crippen molar-refractivity contribution in [3.8, 4) is 0 Å². The van der Waals surface area contributed by atoms with Crippen LogP contribution in [0.15, 0.2) is 68.4 Å². The summed E-state index contributed by atoms with van der Waals surface area (Å²) in [5.74, 6) is -3.61. The fourth-order valence-electron chi connectivity index (χ4n) is 3.78. The van der Waals surface area contributed by atoms with Crippen molar-refractivity contribution in [3.05, 3.63) is 70.8 Å². The molecule has 0 aromatic heterocycles. The Hall–Kier alpha value is -3.13. The van der Waals surface area contributed by atoms with Crippen LogP contribution in [0.5, 0.6) is 0 Å². The van der Waals surface area contributed by atoms with E-state index in [0.717, 1.165) is 10.5 Å². The number of hydrogen-bond acceptors (Lipinski definition) is 7. The molecular weight excluding hydrogens is 669 g/mol. The van der Waals surface area contributed by atoms with E-state index in [9.17, 15) is 24.0 Å². The van der Waals surface area contributed by atoms with Gasteiger partial charge in [0.2, 0.25) is 17.6 Å². The Morgan fingerprint density at radius 1 is 0.976 bits per heavy atom. The molecule has 0 aliphatic carbocycles. The maximum Gasteiger partial charge on any atom is 0.289 e. The van der Waals surface area contributed by atoms with Crippen LogP contribution in [0.1, 0.15) is 54.0 Å². The van der Waals surface area contributed by atoms with Crippen molar-refractivity contribution in [1.82, 2.24) is 21.3 Å². The van der Waals surface area contributed by atoms with Crippen molar-refractivity contribution < 1.29 is 24.0 Å². The molecule has 0 spiro atoms. The lowest BCUT2D eigenvalue weighted by Gasteiger charge is -2.31. The first-order valence-electron chi connectivity index (χ1n) is 13.5. The van der Waals surface area contributed by atoms with Crippen LogP contribution in [0.3, 0.4) is 0 Å². The summed E-state index contributed by atoms with van der Waals surface area (Å²) >= 11 is -0.421. The van der Waals surface area contributed by atoms with E-state index in [1.165, 1.54) is 6.92 Å². The van der Waals surface area contributed by atoms with Crippen LogP contribution in [-0.4, -0.2) is 47.5 Å². The summed E-state index contributed by atoms with van der Waals surface area (Å²) in [4.78, 5) is 65.8. The van der Waals surface area contributed by atoms with Gasteiger partial charge in [-0.3, -0.25) is 24.0 Å². The van der Waals surface area contributed by atoms with Crippen molar-refractivity contribution >= 4 is 58.0 Å². The molecule has 0 unspecified atom stereocenters. The first-order valence-corrected chi connectivity index (χ1v) is 17.8. The van der Waals surface area contributed by atoms with E-state index < -0.39 is 72.6 Å². The number of hydrogen-bond donors (Lipinski definition) is 4. The third-order valence-corrected chi connectivity index (χ3v) is 10.2. The molecule has 1 aromatic carbocycles. The Bertz CT molecular complexity index is 1300. The molecule has 0 radical (unpaired) electrons. The van der Waals surface area contributed by atoms with Gasteiger partial charge in [-0.2, -0.15) is 0 Å². The molecule has 12 heteroatoms. The molecule has 2 rings (SSSR count). The van der Waals surface area contributed by atoms with Gasteiger partial charge in [-0.25, -0.2) is 3.15 Å². The molecule has 1 aliphatic rings. The maximum atomic E-state index is 13.3. The fraction of sp³-hybridized carbons (Fsp3) is 0.433. The van der Waals surface area contributed by atoms with Gasteiger partial charge >= 0.3 is 0 Å². The molecule has 228 valence electrons. The van der Waals surface area contributed by atoms with Gasteiger partial charge in [0.1, 0.15) is 12.1 Å². The van der Waals surface area contributed by atoms with E-state index in [1.54, 1.807) is 62.6 Å². The number of nitrogens with zero attached hydrogens (tertiary/aromatic N) is 1. The first-order chi connectivity index (χ1) is 19.6. The summed E-state index contributed by atoms with van der Waals surface area (Å²) in [6.45, 7) is 16.1. The monoisotopic (exact) mass is 709 g/mol. The number of ketones is 1. The molecule has 10 nitrogen and oxygen atoms in total. The van der Waals surface area contributed by atoms with E-state index in [4.69, 9.17) is 0 Å². The van der Waals surface area contributed by atoms with Crippen molar-refractivity contribution in [2.45, 2.75) is 73.1 Å². The average molecular weight is 710 g/mol. The smallest absolute Gasteiger partial charge is 0.289 e. The predicted octanol–water partition coefficient (Wildman–Crippen LogP) is 4.21. The SMILES string of the molecule is C=C1N=IS/C1=C/C(=C\C)C(=O)N[C@H](C(=O)N[C@@H](C)C(=O)N[C@H](C(=O)C(=O)NCc1ccccc1)C(C)C)C(C)(C)C. The predicted molar refractivity (Wildman–Crippen MR) is 174 cm³/mol. The van der Waals surface area contributed by atoms with E-state index in [0.29, 0.717) is 11.3 Å². The highest BCUT2D eigenvalue weighted by Gasteiger charge is 2.36. The van der Waals surface area contributed by atoms with Crippen LogP contribution < -0.4 is 21.3 Å². The third-order valence-electron chi connectivity index (χ3n) is 6.32. The largest absolute Gasteiger partial charge is 0.345 e. The number of amides is 4. The molecule has 0 saturated heterocycles. The summed E-state index contributed by atoms with van der Waals surface area (Å²) < 4.78 is 4.32. The standard InChI is InChI=1S/C30H40IN5O5S/c1-9-21(15-22-18(4)36-31-42-22)27(39)35-25(30(6,7)8)29(41)33-19(5)26(38)34-23(17(2)3)24(37)28(40)32-16-20-13-11-10-12-14-20/h9-15,17,19,23,25H,4,16H2,1-3,5-8H3,(H,32,40)(H,33,41)(H,34,38)(H,35,39)/b21-9+,22-15+/t19-,23-,25+/m0/s1. The van der Waals surface area contributed by atoms with Crippen LogP contribution in [0.4, 0.5) is 0 Å². The lowest BCUT2D eigenvalue weighted by molar-refractivity contribution is -0.141. The molecule has 1 aliphatic heterocycles. The Kier molecular flexibility index (Phi) is 13.3. The minimum absolute atomic E-state index is 0.173. The highest BCUT2D eigenvalue weighted by Crippen LogP contribution is 2.44. The first kappa shape index (κ1) is 35.1. The third kappa shape index (κ3) is 10.3. The Balaban J connectivity index is 2.06. The molecule has 42 heavy (non-hydrogen) atoms. The van der Waals surface area contributed by atoms with Gasteiger partial charge in [0.25, 0.3) is 11.8 Å². The number of Topliss-reactive ketones (excluding diaryl/α,β-unsaturated/α-hetero) is 1. The summed E-state index contributed by atoms with van der Waals surface area (Å²) in [6.07, 6.45) is 3.37. The molecule has 0 saturated carbocycles. The van der Waals surface area contributed by atoms with Crippen molar-refractivity contribution in [2.24, 2.45) is 14.5 Å². The Morgan fingerprint density at radius 3 is 2.14 bits per heavy atom. The number of carbonyl (C=O) groups excluding carboxylic acids is 5. The molecule has 4 amide bonds. The van der Waals surface area contributed by atoms with Crippen LogP contribution in [-0.2, 0) is 30.5 Å². The Morgan fingerprint density at radius 2 is 1.62 bits per heavy atom. The zero-order valence-electron chi connectivity index (χ0n) is 25.0. The molecule has 4 N–H and O–H groups in total. The summed E-state index contributed by atoms with van der Waals surface area (Å²) in [7, 11) is 1.58. The van der Waals surface area contributed by atoms with E-state index in [1.807, 2.05) is 30.3 Å². The Labute approximate surface area is 260 Å². The number of halogens is 1. The van der Waals surface area contributed by atoms with Crippen LogP contribution in [0, 0.1) is 11.3 Å². The van der Waals surface area contributed by atoms with Crippen LogP contribution in [0.2, 0.25) is 0 Å². The van der Waals surface area contributed by atoms with E-state index >= 15 is 0 Å². The van der Waals surface area contributed by atoms with E-state index in [-0.39, 0.29) is 12.5 Å². The number of nitrogens with one attached hydrogen (secondary N) is 4. The summed E-state index contributed by atoms with van der Waals surface area (Å²) in [5.41, 5.74) is 1.16. The zero-order valence-corrected chi connectivity index (χ0v) is 28.0. The van der Waals surface area contributed by atoms with Gasteiger partial charge in [0.15, 0.2) is 0 Å². The number of benzene rings is 1. The maximum absolute atomic E-state index is 13.3. The summed E-state index contributed by atoms with van der Waals surface area (Å²) in [6, 6.07) is 6.03. The highest BCUT2D eigenvalue weighted by molar-refractivity contribution is 14.2. The van der Waals surface area contributed by atoms with Crippen molar-refractivity contribution in [2.75, 3.05) is 0 Å². The quantitative estimate of drug-likeness (QED) is 0.145. The van der Waals surface area contributed by atoms with E-state index in [2.05, 4.69) is 31.0 Å². The topological polar surface area (TPSA) is 146 Å². The summed E-state index contributed by atoms with van der Waals surface area (Å²) in [5, 5.41) is 10.6. The average Bonchev–Trinajstić information content (AvgIpc) is 3.34. The molecule has 1 aromatic rings.